The lowest BCUT2D eigenvalue weighted by Crippen LogP contribution is -2.46. The second kappa shape index (κ2) is 13.5. The van der Waals surface area contributed by atoms with Gasteiger partial charge in [0.2, 0.25) is 0 Å². The van der Waals surface area contributed by atoms with Gasteiger partial charge in [0.15, 0.2) is 0 Å². The molecule has 0 N–H and O–H groups in total. The quantitative estimate of drug-likeness (QED) is 0.132. The van der Waals surface area contributed by atoms with Crippen molar-refractivity contribution in [2.45, 2.75) is 130 Å². The number of carbonyl (C=O) groups is 1. The Morgan fingerprint density at radius 1 is 0.947 bits per heavy atom. The summed E-state index contributed by atoms with van der Waals surface area (Å²) in [4.78, 5) is 11.5. The molecule has 1 aromatic carbocycles. The topological polar surface area (TPSA) is 35.5 Å². The molecule has 1 heterocycles. The van der Waals surface area contributed by atoms with E-state index < -0.39 is 18.1 Å². The number of esters is 1. The summed E-state index contributed by atoms with van der Waals surface area (Å²) < 4.78 is 74.7. The van der Waals surface area contributed by atoms with Crippen molar-refractivity contribution in [3.8, 4) is 11.5 Å². The highest BCUT2D eigenvalue weighted by atomic mass is 19.4. The van der Waals surface area contributed by atoms with Crippen molar-refractivity contribution in [2.24, 2.45) is 17.8 Å². The Kier molecular flexibility index (Phi) is 11.5. The minimum absolute atomic E-state index is 0.342. The van der Waals surface area contributed by atoms with Crippen LogP contribution in [0.25, 0.3) is 0 Å². The highest BCUT2D eigenvalue weighted by Gasteiger charge is 2.65. The minimum Gasteiger partial charge on any atom is -0.487 e. The number of halogens is 5. The van der Waals surface area contributed by atoms with Crippen molar-refractivity contribution in [1.29, 1.82) is 0 Å². The van der Waals surface area contributed by atoms with Gasteiger partial charge >= 0.3 is 18.1 Å². The Morgan fingerprint density at radius 2 is 1.50 bits per heavy atom. The maximum absolute atomic E-state index is 13.3. The summed E-state index contributed by atoms with van der Waals surface area (Å²) in [6.07, 6.45) is 5.93. The van der Waals surface area contributed by atoms with E-state index in [-0.39, 0.29) is 11.4 Å². The van der Waals surface area contributed by atoms with Crippen molar-refractivity contribution in [2.75, 3.05) is 0 Å². The smallest absolute Gasteiger partial charge is 0.465 e. The predicted octanol–water partition coefficient (Wildman–Crippen LogP) is 9.62. The molecule has 0 spiro atoms. The van der Waals surface area contributed by atoms with E-state index >= 15 is 0 Å². The zero-order valence-electron chi connectivity index (χ0n) is 23.8. The fourth-order valence-corrected chi connectivity index (χ4v) is 5.16. The van der Waals surface area contributed by atoms with Gasteiger partial charge in [-0.2, -0.15) is 22.0 Å². The number of ether oxygens (including phenoxy) is 2. The van der Waals surface area contributed by atoms with Crippen LogP contribution in [-0.2, 0) is 11.2 Å². The van der Waals surface area contributed by atoms with Crippen LogP contribution >= 0.6 is 0 Å². The molecule has 0 bridgehead atoms. The average Bonchev–Trinajstić information content (AvgIpc) is 2.78. The molecule has 38 heavy (non-hydrogen) atoms. The van der Waals surface area contributed by atoms with Gasteiger partial charge < -0.3 is 9.47 Å². The van der Waals surface area contributed by atoms with Crippen LogP contribution in [-0.4, -0.2) is 23.7 Å². The molecule has 1 aromatic rings. The summed E-state index contributed by atoms with van der Waals surface area (Å²) >= 11 is 0. The summed E-state index contributed by atoms with van der Waals surface area (Å²) in [5.41, 5.74) is 0.781. The highest BCUT2D eigenvalue weighted by molar-refractivity contribution is 5.81. The van der Waals surface area contributed by atoms with E-state index in [1.165, 1.54) is 50.7 Å². The van der Waals surface area contributed by atoms with Crippen LogP contribution in [0.1, 0.15) is 110 Å². The van der Waals surface area contributed by atoms with Gasteiger partial charge in [0.25, 0.3) is 0 Å². The van der Waals surface area contributed by atoms with Crippen molar-refractivity contribution in [3.05, 3.63) is 23.3 Å². The third kappa shape index (κ3) is 9.41. The van der Waals surface area contributed by atoms with E-state index in [0.717, 1.165) is 31.1 Å². The molecule has 0 aromatic heterocycles. The first-order valence-corrected chi connectivity index (χ1v) is 14.0. The Morgan fingerprint density at radius 3 is 2.05 bits per heavy atom. The molecular formula is C30H45F5O3. The summed E-state index contributed by atoms with van der Waals surface area (Å²) in [7, 11) is 0. The van der Waals surface area contributed by atoms with Crippen LogP contribution in [0.5, 0.6) is 11.5 Å². The van der Waals surface area contributed by atoms with Gasteiger partial charge in [0, 0.05) is 0 Å². The number of hydrogen-bond acceptors (Lipinski definition) is 3. The molecule has 218 valence electrons. The molecule has 1 aliphatic rings. The lowest BCUT2D eigenvalue weighted by Gasteiger charge is -2.37. The molecular weight excluding hydrogens is 503 g/mol. The minimum atomic E-state index is -6.01. The van der Waals surface area contributed by atoms with Crippen LogP contribution in [0.2, 0.25) is 0 Å². The van der Waals surface area contributed by atoms with E-state index in [9.17, 15) is 26.7 Å². The molecule has 8 heteroatoms. The first-order chi connectivity index (χ1) is 17.5. The molecule has 0 saturated heterocycles. The third-order valence-corrected chi connectivity index (χ3v) is 7.69. The third-order valence-electron chi connectivity index (χ3n) is 7.69. The second-order valence-electron chi connectivity index (χ2n) is 12.1. The summed E-state index contributed by atoms with van der Waals surface area (Å²) in [6.45, 7) is 12.9. The van der Waals surface area contributed by atoms with Crippen molar-refractivity contribution in [1.82, 2.24) is 0 Å². The lowest BCUT2D eigenvalue weighted by atomic mass is 9.85. The number of aryl methyl sites for hydroxylation is 2. The summed E-state index contributed by atoms with van der Waals surface area (Å²) in [5.74, 6) is -5.77. The average molecular weight is 549 g/mol. The zero-order valence-corrected chi connectivity index (χ0v) is 23.8. The van der Waals surface area contributed by atoms with Gasteiger partial charge in [-0.05, 0) is 80.5 Å². The molecule has 0 saturated carbocycles. The highest BCUT2D eigenvalue weighted by Crippen LogP contribution is 2.42. The molecule has 0 radical (unpaired) electrons. The van der Waals surface area contributed by atoms with Crippen molar-refractivity contribution < 1.29 is 36.2 Å². The van der Waals surface area contributed by atoms with E-state index in [1.54, 1.807) is 6.92 Å². The number of hydrogen-bond donors (Lipinski definition) is 0. The Balaban J connectivity index is 1.82. The number of fused-ring (bicyclic) bond motifs is 1. The monoisotopic (exact) mass is 548 g/mol. The largest absolute Gasteiger partial charge is 0.487 e. The first-order valence-electron chi connectivity index (χ1n) is 14.0. The van der Waals surface area contributed by atoms with Gasteiger partial charge in [-0.3, -0.25) is 0 Å². The second-order valence-corrected chi connectivity index (χ2v) is 12.1. The van der Waals surface area contributed by atoms with Crippen LogP contribution < -0.4 is 9.47 Å². The van der Waals surface area contributed by atoms with Gasteiger partial charge in [-0.1, -0.05) is 72.6 Å². The van der Waals surface area contributed by atoms with Crippen LogP contribution in [0, 0.1) is 24.7 Å². The fraction of sp³-hybridized carbons (Fsp3) is 0.767. The molecule has 0 fully saturated rings. The first kappa shape index (κ1) is 32.4. The number of carbonyl (C=O) groups excluding carboxylic acids is 1. The number of alkyl halides is 5. The molecule has 1 aliphatic heterocycles. The normalized spacial score (nSPS) is 19.6. The summed E-state index contributed by atoms with van der Waals surface area (Å²) in [6, 6.07) is 2.58. The van der Waals surface area contributed by atoms with E-state index in [2.05, 4.69) is 39.4 Å². The maximum Gasteiger partial charge on any atom is 0.465 e. The van der Waals surface area contributed by atoms with Crippen LogP contribution in [0.3, 0.4) is 0 Å². The van der Waals surface area contributed by atoms with Crippen molar-refractivity contribution in [3.63, 3.8) is 0 Å². The van der Waals surface area contributed by atoms with E-state index in [1.807, 2.05) is 0 Å². The van der Waals surface area contributed by atoms with E-state index in [0.29, 0.717) is 35.6 Å². The Labute approximate surface area is 224 Å². The van der Waals surface area contributed by atoms with Gasteiger partial charge in [-0.15, -0.1) is 0 Å². The molecule has 3 nitrogen and oxygen atoms in total. The summed E-state index contributed by atoms with van der Waals surface area (Å²) in [5, 5.41) is 0. The van der Waals surface area contributed by atoms with Crippen molar-refractivity contribution >= 4 is 5.97 Å². The fourth-order valence-electron chi connectivity index (χ4n) is 5.16. The molecule has 2 rings (SSSR count). The standard InChI is InChI=1S/C30H45F5O3/c1-20(2)10-7-11-21(3)12-8-13-22(4)14-9-16-28(6)17-15-24-19-25(18-23(5)26(24)38-28)37-27(36)29(31,32)30(33,34)35/h18-22H,7-17H2,1-6H3. The lowest BCUT2D eigenvalue weighted by molar-refractivity contribution is -0.276. The maximum atomic E-state index is 13.3. The predicted molar refractivity (Wildman–Crippen MR) is 140 cm³/mol. The molecule has 0 amide bonds. The number of benzene rings is 1. The van der Waals surface area contributed by atoms with E-state index in [4.69, 9.17) is 4.74 Å². The number of rotatable bonds is 14. The molecule has 3 atom stereocenters. The zero-order chi connectivity index (χ0) is 28.7. The van der Waals surface area contributed by atoms with Crippen LogP contribution in [0.4, 0.5) is 22.0 Å². The Bertz CT molecular complexity index is 912. The van der Waals surface area contributed by atoms with Gasteiger partial charge in [0.05, 0.1) is 0 Å². The molecule has 0 aliphatic carbocycles. The van der Waals surface area contributed by atoms with Gasteiger partial charge in [-0.25, -0.2) is 4.79 Å². The SMILES string of the molecule is Cc1cc(OC(=O)C(F)(F)C(F)(F)F)cc2c1OC(C)(CCCC(C)CCCC(C)CCCC(C)C)CC2. The van der Waals surface area contributed by atoms with Gasteiger partial charge in [0.1, 0.15) is 17.1 Å². The Hall–Kier alpha value is -1.86. The molecule has 3 unspecified atom stereocenters. The van der Waals surface area contributed by atoms with Crippen LogP contribution in [0.15, 0.2) is 12.1 Å².